The highest BCUT2D eigenvalue weighted by Crippen LogP contribution is 2.53. The topological polar surface area (TPSA) is 66.4 Å². The fourth-order valence-electron chi connectivity index (χ4n) is 4.50. The van der Waals surface area contributed by atoms with Crippen molar-refractivity contribution >= 4 is 0 Å². The van der Waals surface area contributed by atoms with Crippen LogP contribution in [0, 0.1) is 11.8 Å². The second kappa shape index (κ2) is 9.95. The zero-order chi connectivity index (χ0) is 24.3. The second-order valence-electron chi connectivity index (χ2n) is 8.64. The molecule has 1 heterocycles. The van der Waals surface area contributed by atoms with Crippen LogP contribution in [0.2, 0.25) is 0 Å². The molecule has 0 spiro atoms. The van der Waals surface area contributed by atoms with E-state index in [4.69, 9.17) is 23.7 Å². The van der Waals surface area contributed by atoms with Gasteiger partial charge in [0, 0.05) is 11.5 Å². The predicted molar refractivity (Wildman–Crippen MR) is 129 cm³/mol. The highest BCUT2D eigenvalue weighted by atomic mass is 16.6. The van der Waals surface area contributed by atoms with Gasteiger partial charge in [0.1, 0.15) is 6.61 Å². The minimum atomic E-state index is -1.47. The van der Waals surface area contributed by atoms with Crippen LogP contribution in [0.1, 0.15) is 36.6 Å². The highest BCUT2D eigenvalue weighted by molar-refractivity contribution is 5.46. The maximum absolute atomic E-state index is 11.6. The van der Waals surface area contributed by atoms with Gasteiger partial charge in [0.25, 0.3) is 0 Å². The largest absolute Gasteiger partial charge is 0.493 e. The smallest absolute Gasteiger partial charge is 0.196 e. The monoisotopic (exact) mass is 464 g/mol. The van der Waals surface area contributed by atoms with Crippen LogP contribution in [-0.2, 0) is 17.1 Å². The number of methoxy groups -OCH3 is 3. The second-order valence-corrected chi connectivity index (χ2v) is 8.64. The lowest BCUT2D eigenvalue weighted by atomic mass is 9.83. The minimum absolute atomic E-state index is 0.0406. The average molecular weight is 465 g/mol. The van der Waals surface area contributed by atoms with Crippen LogP contribution >= 0.6 is 0 Å². The van der Waals surface area contributed by atoms with Crippen LogP contribution in [0.25, 0.3) is 0 Å². The van der Waals surface area contributed by atoms with E-state index in [1.165, 1.54) is 0 Å². The summed E-state index contributed by atoms with van der Waals surface area (Å²) in [5, 5.41) is 11.6. The molecule has 1 aliphatic heterocycles. The Morgan fingerprint density at radius 3 is 2.12 bits per heavy atom. The highest BCUT2D eigenvalue weighted by Gasteiger charge is 2.51. The SMILES string of the molecule is COc1ccc(C2(O)O[C@@H](c3ccc(OCc4ccccc4)c(OC)c3)[C@H](C)[C@@H]2C)cc1OC. The molecule has 6 heteroatoms. The molecular formula is C28H32O6. The Kier molecular flexibility index (Phi) is 7.00. The summed E-state index contributed by atoms with van der Waals surface area (Å²) in [6.45, 7) is 4.53. The first-order valence-corrected chi connectivity index (χ1v) is 11.4. The first kappa shape index (κ1) is 23.9. The number of rotatable bonds is 8. The summed E-state index contributed by atoms with van der Waals surface area (Å²) in [5.74, 6) is 0.819. The maximum atomic E-state index is 11.6. The van der Waals surface area contributed by atoms with E-state index >= 15 is 0 Å². The Morgan fingerprint density at radius 2 is 1.44 bits per heavy atom. The number of hydrogen-bond donors (Lipinski definition) is 1. The van der Waals surface area contributed by atoms with Crippen LogP contribution in [0.4, 0.5) is 0 Å². The van der Waals surface area contributed by atoms with E-state index in [1.54, 1.807) is 33.5 Å². The molecule has 6 nitrogen and oxygen atoms in total. The van der Waals surface area contributed by atoms with Crippen molar-refractivity contribution in [1.82, 2.24) is 0 Å². The summed E-state index contributed by atoms with van der Waals surface area (Å²) in [6, 6.07) is 21.1. The van der Waals surface area contributed by atoms with Crippen LogP contribution in [0.3, 0.4) is 0 Å². The molecule has 0 aromatic heterocycles. The third-order valence-electron chi connectivity index (χ3n) is 6.74. The van der Waals surface area contributed by atoms with Crippen molar-refractivity contribution in [3.63, 3.8) is 0 Å². The van der Waals surface area contributed by atoms with E-state index in [9.17, 15) is 5.11 Å². The van der Waals surface area contributed by atoms with Gasteiger partial charge in [-0.1, -0.05) is 50.2 Å². The van der Waals surface area contributed by atoms with Crippen molar-refractivity contribution in [3.05, 3.63) is 83.4 Å². The van der Waals surface area contributed by atoms with Crippen LogP contribution in [0.15, 0.2) is 66.7 Å². The van der Waals surface area contributed by atoms with E-state index < -0.39 is 5.79 Å². The van der Waals surface area contributed by atoms with Crippen molar-refractivity contribution in [1.29, 1.82) is 0 Å². The van der Waals surface area contributed by atoms with Crippen LogP contribution in [0.5, 0.6) is 23.0 Å². The van der Waals surface area contributed by atoms with Gasteiger partial charge >= 0.3 is 0 Å². The molecule has 0 radical (unpaired) electrons. The fraction of sp³-hybridized carbons (Fsp3) is 0.357. The normalized spacial score (nSPS) is 24.0. The van der Waals surface area contributed by atoms with Crippen LogP contribution in [-0.4, -0.2) is 26.4 Å². The first-order chi connectivity index (χ1) is 16.4. The van der Waals surface area contributed by atoms with Crippen LogP contribution < -0.4 is 18.9 Å². The van der Waals surface area contributed by atoms with Gasteiger partial charge in [0.15, 0.2) is 28.8 Å². The molecular weight excluding hydrogens is 432 g/mol. The summed E-state index contributed by atoms with van der Waals surface area (Å²) < 4.78 is 28.7. The molecule has 3 aromatic carbocycles. The number of ether oxygens (including phenoxy) is 5. The van der Waals surface area contributed by atoms with Crippen molar-refractivity contribution < 1.29 is 28.8 Å². The number of benzene rings is 3. The molecule has 4 rings (SSSR count). The molecule has 0 bridgehead atoms. The van der Waals surface area contributed by atoms with Gasteiger partial charge in [-0.25, -0.2) is 0 Å². The van der Waals surface area contributed by atoms with Crippen molar-refractivity contribution in [2.75, 3.05) is 21.3 Å². The van der Waals surface area contributed by atoms with E-state index in [-0.39, 0.29) is 17.9 Å². The molecule has 1 N–H and O–H groups in total. The molecule has 1 fully saturated rings. The average Bonchev–Trinajstić information content (AvgIpc) is 3.12. The van der Waals surface area contributed by atoms with Gasteiger partial charge in [-0.3, -0.25) is 0 Å². The molecule has 3 aromatic rings. The molecule has 1 aliphatic rings. The van der Waals surface area contributed by atoms with Gasteiger partial charge in [-0.2, -0.15) is 0 Å². The quantitative estimate of drug-likeness (QED) is 0.476. The first-order valence-electron chi connectivity index (χ1n) is 11.4. The summed E-state index contributed by atoms with van der Waals surface area (Å²) in [4.78, 5) is 0. The van der Waals surface area contributed by atoms with Crippen molar-refractivity contribution in [3.8, 4) is 23.0 Å². The van der Waals surface area contributed by atoms with Gasteiger partial charge in [0.2, 0.25) is 0 Å². The molecule has 0 saturated carbocycles. The third-order valence-corrected chi connectivity index (χ3v) is 6.74. The summed E-state index contributed by atoms with van der Waals surface area (Å²) in [5.41, 5.74) is 2.62. The molecule has 0 aliphatic carbocycles. The molecule has 4 atom stereocenters. The lowest BCUT2D eigenvalue weighted by Gasteiger charge is -2.28. The minimum Gasteiger partial charge on any atom is -0.493 e. The van der Waals surface area contributed by atoms with Crippen molar-refractivity contribution in [2.24, 2.45) is 11.8 Å². The molecule has 34 heavy (non-hydrogen) atoms. The van der Waals surface area contributed by atoms with E-state index in [0.29, 0.717) is 35.2 Å². The van der Waals surface area contributed by atoms with Gasteiger partial charge < -0.3 is 28.8 Å². The van der Waals surface area contributed by atoms with E-state index in [1.807, 2.05) is 61.5 Å². The van der Waals surface area contributed by atoms with Gasteiger partial charge in [-0.05, 0) is 47.4 Å². The van der Waals surface area contributed by atoms with Crippen molar-refractivity contribution in [2.45, 2.75) is 32.3 Å². The maximum Gasteiger partial charge on any atom is 0.196 e. The third kappa shape index (κ3) is 4.43. The Bertz CT molecular complexity index is 1120. The summed E-state index contributed by atoms with van der Waals surface area (Å²) in [7, 11) is 4.78. The van der Waals surface area contributed by atoms with E-state index in [0.717, 1.165) is 11.1 Å². The Morgan fingerprint density at radius 1 is 0.794 bits per heavy atom. The summed E-state index contributed by atoms with van der Waals surface area (Å²) >= 11 is 0. The zero-order valence-electron chi connectivity index (χ0n) is 20.3. The molecule has 0 amide bonds. The van der Waals surface area contributed by atoms with E-state index in [2.05, 4.69) is 6.92 Å². The lowest BCUT2D eigenvalue weighted by molar-refractivity contribution is -0.220. The zero-order valence-corrected chi connectivity index (χ0v) is 20.3. The molecule has 180 valence electrons. The number of aliphatic hydroxyl groups is 1. The fourth-order valence-corrected chi connectivity index (χ4v) is 4.50. The molecule has 1 unspecified atom stereocenters. The predicted octanol–water partition coefficient (Wildman–Crippen LogP) is 5.48. The Labute approximate surface area is 201 Å². The van der Waals surface area contributed by atoms with Gasteiger partial charge in [0.05, 0.1) is 27.4 Å². The van der Waals surface area contributed by atoms with Gasteiger partial charge in [-0.15, -0.1) is 0 Å². The lowest BCUT2D eigenvalue weighted by Crippen LogP contribution is -2.31. The summed E-state index contributed by atoms with van der Waals surface area (Å²) in [6.07, 6.45) is -0.329. The number of hydrogen-bond acceptors (Lipinski definition) is 6. The standard InChI is InChI=1S/C28H32O6/c1-18-19(2)28(29,22-12-14-23(30-3)26(16-22)32-5)34-27(18)21-11-13-24(25(15-21)31-4)33-17-20-9-7-6-8-10-20/h6-16,18-19,27,29H,17H2,1-5H3/t18-,19+,27-,28?/m1/s1. The Hall–Kier alpha value is -3.22. The Balaban J connectivity index is 1.58. The molecule has 1 saturated heterocycles.